The number of aromatic amines is 1. The molecule has 22 heavy (non-hydrogen) atoms. The Hall–Kier alpha value is -2.58. The van der Waals surface area contributed by atoms with Crippen LogP contribution >= 0.6 is 11.8 Å². The number of rotatable bonds is 4. The summed E-state index contributed by atoms with van der Waals surface area (Å²) in [5.41, 5.74) is 3.55. The fourth-order valence-corrected chi connectivity index (χ4v) is 2.78. The molecule has 0 saturated heterocycles. The standard InChI is InChI=1S/C17H12FN3S/c18-15-7-5-14(6-8-15)16-10-20-17(21-16)22-11-13-3-1-12(9-19)2-4-13/h1-8,10H,11H2,(H,20,21). The van der Waals surface area contributed by atoms with E-state index in [4.69, 9.17) is 5.26 Å². The van der Waals surface area contributed by atoms with Gasteiger partial charge in [-0.15, -0.1) is 0 Å². The molecule has 0 aliphatic heterocycles. The van der Waals surface area contributed by atoms with Gasteiger partial charge in [-0.1, -0.05) is 23.9 Å². The predicted octanol–water partition coefficient (Wildman–Crippen LogP) is 4.38. The first-order chi connectivity index (χ1) is 10.7. The van der Waals surface area contributed by atoms with E-state index in [1.54, 1.807) is 30.1 Å². The van der Waals surface area contributed by atoms with E-state index in [1.807, 2.05) is 24.3 Å². The number of nitrogens with zero attached hydrogens (tertiary/aromatic N) is 2. The lowest BCUT2D eigenvalue weighted by atomic mass is 10.2. The van der Waals surface area contributed by atoms with Gasteiger partial charge in [0.1, 0.15) is 5.82 Å². The van der Waals surface area contributed by atoms with Crippen LogP contribution in [0.1, 0.15) is 11.1 Å². The van der Waals surface area contributed by atoms with Gasteiger partial charge in [0.2, 0.25) is 0 Å². The van der Waals surface area contributed by atoms with Crippen molar-refractivity contribution < 1.29 is 4.39 Å². The van der Waals surface area contributed by atoms with Crippen molar-refractivity contribution in [2.75, 3.05) is 0 Å². The highest BCUT2D eigenvalue weighted by Crippen LogP contribution is 2.24. The van der Waals surface area contributed by atoms with E-state index in [2.05, 4.69) is 16.0 Å². The van der Waals surface area contributed by atoms with Crippen molar-refractivity contribution in [3.8, 4) is 17.3 Å². The molecule has 0 bridgehead atoms. The second-order valence-electron chi connectivity index (χ2n) is 4.71. The molecule has 0 radical (unpaired) electrons. The topological polar surface area (TPSA) is 52.5 Å². The molecule has 3 nitrogen and oxygen atoms in total. The number of thioether (sulfide) groups is 1. The monoisotopic (exact) mass is 309 g/mol. The quantitative estimate of drug-likeness (QED) is 0.728. The van der Waals surface area contributed by atoms with Crippen molar-refractivity contribution in [3.05, 3.63) is 71.7 Å². The molecule has 1 heterocycles. The Labute approximate surface area is 131 Å². The van der Waals surface area contributed by atoms with Gasteiger partial charge in [0.25, 0.3) is 0 Å². The Morgan fingerprint density at radius 1 is 1.09 bits per heavy atom. The molecule has 0 atom stereocenters. The van der Waals surface area contributed by atoms with Gasteiger partial charge in [-0.2, -0.15) is 5.26 Å². The molecule has 1 aromatic heterocycles. The molecule has 0 aliphatic carbocycles. The normalized spacial score (nSPS) is 10.4. The highest BCUT2D eigenvalue weighted by Gasteiger charge is 2.05. The van der Waals surface area contributed by atoms with Gasteiger partial charge in [-0.3, -0.25) is 0 Å². The van der Waals surface area contributed by atoms with Crippen molar-refractivity contribution in [1.82, 2.24) is 9.97 Å². The fourth-order valence-electron chi connectivity index (χ4n) is 1.98. The van der Waals surface area contributed by atoms with E-state index in [0.717, 1.165) is 27.7 Å². The number of benzene rings is 2. The van der Waals surface area contributed by atoms with E-state index < -0.39 is 0 Å². The molecule has 2 aromatic carbocycles. The summed E-state index contributed by atoms with van der Waals surface area (Å²) < 4.78 is 12.9. The Kier molecular flexibility index (Phi) is 4.22. The van der Waals surface area contributed by atoms with Crippen molar-refractivity contribution >= 4 is 11.8 Å². The third-order valence-corrected chi connectivity index (χ3v) is 4.12. The zero-order valence-corrected chi connectivity index (χ0v) is 12.4. The van der Waals surface area contributed by atoms with Crippen molar-refractivity contribution in [2.24, 2.45) is 0 Å². The van der Waals surface area contributed by atoms with Crippen LogP contribution in [0.3, 0.4) is 0 Å². The van der Waals surface area contributed by atoms with Gasteiger partial charge < -0.3 is 4.98 Å². The molecule has 0 aliphatic rings. The number of hydrogen-bond acceptors (Lipinski definition) is 3. The maximum atomic E-state index is 12.9. The van der Waals surface area contributed by atoms with Crippen LogP contribution in [0.4, 0.5) is 4.39 Å². The number of nitriles is 1. The lowest BCUT2D eigenvalue weighted by molar-refractivity contribution is 0.628. The van der Waals surface area contributed by atoms with Gasteiger partial charge >= 0.3 is 0 Å². The van der Waals surface area contributed by atoms with Gasteiger partial charge in [0.05, 0.1) is 23.5 Å². The number of H-pyrrole nitrogens is 1. The van der Waals surface area contributed by atoms with Crippen molar-refractivity contribution in [2.45, 2.75) is 10.9 Å². The second kappa shape index (κ2) is 6.46. The largest absolute Gasteiger partial charge is 0.333 e. The molecule has 0 amide bonds. The molecule has 0 unspecified atom stereocenters. The van der Waals surface area contributed by atoms with Crippen LogP contribution in [0.2, 0.25) is 0 Å². The van der Waals surface area contributed by atoms with Crippen LogP contribution in [-0.4, -0.2) is 9.97 Å². The zero-order chi connectivity index (χ0) is 15.4. The minimum atomic E-state index is -0.251. The van der Waals surface area contributed by atoms with Crippen LogP contribution in [-0.2, 0) is 5.75 Å². The number of aromatic nitrogens is 2. The molecule has 5 heteroatoms. The highest BCUT2D eigenvalue weighted by atomic mass is 32.2. The van der Waals surface area contributed by atoms with Crippen LogP contribution in [0.15, 0.2) is 59.9 Å². The molecule has 1 N–H and O–H groups in total. The van der Waals surface area contributed by atoms with Crippen LogP contribution < -0.4 is 0 Å². The first kappa shape index (κ1) is 14.4. The summed E-state index contributed by atoms with van der Waals surface area (Å²) in [5.74, 6) is 0.515. The second-order valence-corrected chi connectivity index (χ2v) is 5.67. The Morgan fingerprint density at radius 2 is 1.82 bits per heavy atom. The Balaban J connectivity index is 1.66. The van der Waals surface area contributed by atoms with Gasteiger partial charge in [-0.05, 0) is 47.5 Å². The maximum absolute atomic E-state index is 12.9. The van der Waals surface area contributed by atoms with Gasteiger partial charge in [0, 0.05) is 5.75 Å². The Morgan fingerprint density at radius 3 is 2.50 bits per heavy atom. The maximum Gasteiger partial charge on any atom is 0.166 e. The number of halogens is 1. The summed E-state index contributed by atoms with van der Waals surface area (Å²) in [4.78, 5) is 7.54. The minimum Gasteiger partial charge on any atom is -0.333 e. The lowest BCUT2D eigenvalue weighted by Crippen LogP contribution is -1.83. The summed E-state index contributed by atoms with van der Waals surface area (Å²) in [7, 11) is 0. The summed E-state index contributed by atoms with van der Waals surface area (Å²) in [5, 5.41) is 9.58. The average molecular weight is 309 g/mol. The summed E-state index contributed by atoms with van der Waals surface area (Å²) in [6.07, 6.45) is 1.74. The summed E-state index contributed by atoms with van der Waals surface area (Å²) in [6, 6.07) is 15.9. The molecular formula is C17H12FN3S. The molecule has 0 spiro atoms. The van der Waals surface area contributed by atoms with Crippen LogP contribution in [0.25, 0.3) is 11.3 Å². The molecular weight excluding hydrogens is 297 g/mol. The van der Waals surface area contributed by atoms with Gasteiger partial charge in [0.15, 0.2) is 5.16 Å². The minimum absolute atomic E-state index is 0.251. The third kappa shape index (κ3) is 3.35. The van der Waals surface area contributed by atoms with E-state index in [-0.39, 0.29) is 5.82 Å². The summed E-state index contributed by atoms with van der Waals surface area (Å²) in [6.45, 7) is 0. The van der Waals surface area contributed by atoms with Crippen molar-refractivity contribution in [1.29, 1.82) is 5.26 Å². The highest BCUT2D eigenvalue weighted by molar-refractivity contribution is 7.98. The van der Waals surface area contributed by atoms with Gasteiger partial charge in [-0.25, -0.2) is 9.37 Å². The smallest absolute Gasteiger partial charge is 0.166 e. The third-order valence-electron chi connectivity index (χ3n) is 3.17. The van der Waals surface area contributed by atoms with Crippen LogP contribution in [0.5, 0.6) is 0 Å². The zero-order valence-electron chi connectivity index (χ0n) is 11.6. The Bertz CT molecular complexity index is 801. The molecule has 0 fully saturated rings. The first-order valence-corrected chi connectivity index (χ1v) is 7.66. The fraction of sp³-hybridized carbons (Fsp3) is 0.0588. The van der Waals surface area contributed by atoms with E-state index >= 15 is 0 Å². The lowest BCUT2D eigenvalue weighted by Gasteiger charge is -2.00. The SMILES string of the molecule is N#Cc1ccc(CSc2ncc(-c3ccc(F)cc3)[nH]2)cc1. The summed E-state index contributed by atoms with van der Waals surface area (Å²) >= 11 is 1.58. The molecule has 108 valence electrons. The molecule has 0 saturated carbocycles. The predicted molar refractivity (Wildman–Crippen MR) is 84.7 cm³/mol. The van der Waals surface area contributed by atoms with E-state index in [0.29, 0.717) is 5.56 Å². The average Bonchev–Trinajstić information content (AvgIpc) is 3.03. The van der Waals surface area contributed by atoms with E-state index in [1.165, 1.54) is 12.1 Å². The van der Waals surface area contributed by atoms with Crippen LogP contribution in [0, 0.1) is 17.1 Å². The number of imidazole rings is 1. The number of nitrogens with one attached hydrogen (secondary N) is 1. The van der Waals surface area contributed by atoms with E-state index in [9.17, 15) is 4.39 Å². The molecule has 3 aromatic rings. The first-order valence-electron chi connectivity index (χ1n) is 6.67. The molecule has 3 rings (SSSR count). The number of hydrogen-bond donors (Lipinski definition) is 1. The van der Waals surface area contributed by atoms with Crippen molar-refractivity contribution in [3.63, 3.8) is 0 Å².